The van der Waals surface area contributed by atoms with Crippen molar-refractivity contribution in [3.8, 4) is 5.75 Å². The largest absolute Gasteiger partial charge is 0.506 e. The fourth-order valence-corrected chi connectivity index (χ4v) is 3.12. The number of phenolic OH excluding ortho intramolecular Hbond substituents is 1. The Balaban J connectivity index is 2.11. The van der Waals surface area contributed by atoms with Gasteiger partial charge in [0.15, 0.2) is 5.12 Å². The van der Waals surface area contributed by atoms with Gasteiger partial charge in [-0.2, -0.15) is 0 Å². The number of rotatable bonds is 3. The van der Waals surface area contributed by atoms with Crippen LogP contribution in [0, 0.1) is 5.92 Å². The minimum atomic E-state index is -0.0115. The lowest BCUT2D eigenvalue weighted by atomic mass is 10.1. The smallest absolute Gasteiger partial charge is 0.227 e. The highest BCUT2D eigenvalue weighted by atomic mass is 79.9. The van der Waals surface area contributed by atoms with Crippen molar-refractivity contribution in [2.24, 2.45) is 5.92 Å². The molecule has 1 amide bonds. The first-order valence-corrected chi connectivity index (χ1v) is 7.67. The third kappa shape index (κ3) is 3.51. The molecular weight excluding hydrogens is 330 g/mol. The van der Waals surface area contributed by atoms with Crippen LogP contribution in [0.1, 0.15) is 13.3 Å². The summed E-state index contributed by atoms with van der Waals surface area (Å²) in [4.78, 5) is 24.5. The molecule has 1 aromatic carbocycles. The summed E-state index contributed by atoms with van der Waals surface area (Å²) in [5, 5.41) is 9.91. The van der Waals surface area contributed by atoms with Crippen molar-refractivity contribution in [1.29, 1.82) is 0 Å². The SMILES string of the molecule is CC(=O)SCC1CC(=O)N(c2cc(Br)ccc2O)C1. The Kier molecular flexibility index (Phi) is 4.52. The molecule has 0 spiro atoms. The summed E-state index contributed by atoms with van der Waals surface area (Å²) in [6, 6.07) is 5.01. The minimum Gasteiger partial charge on any atom is -0.506 e. The second-order valence-electron chi connectivity index (χ2n) is 4.51. The normalized spacial score (nSPS) is 18.9. The van der Waals surface area contributed by atoms with E-state index in [0.29, 0.717) is 24.4 Å². The highest BCUT2D eigenvalue weighted by Gasteiger charge is 2.32. The number of phenols is 1. The number of carbonyl (C=O) groups is 2. The number of anilines is 1. The average Bonchev–Trinajstić information content (AvgIpc) is 2.71. The number of benzene rings is 1. The third-order valence-corrected chi connectivity index (χ3v) is 4.49. The monoisotopic (exact) mass is 343 g/mol. The lowest BCUT2D eigenvalue weighted by molar-refractivity contribution is -0.117. The fraction of sp³-hybridized carbons (Fsp3) is 0.385. The molecule has 1 aliphatic rings. The lowest BCUT2D eigenvalue weighted by Crippen LogP contribution is -2.24. The molecule has 6 heteroatoms. The Morgan fingerprint density at radius 3 is 3.00 bits per heavy atom. The maximum atomic E-state index is 12.0. The van der Waals surface area contributed by atoms with Crippen molar-refractivity contribution >= 4 is 44.4 Å². The van der Waals surface area contributed by atoms with Crippen LogP contribution in [0.5, 0.6) is 5.75 Å². The van der Waals surface area contributed by atoms with Gasteiger partial charge in [0.2, 0.25) is 5.91 Å². The zero-order valence-corrected chi connectivity index (χ0v) is 12.8. The second-order valence-corrected chi connectivity index (χ2v) is 6.62. The Bertz CT molecular complexity index is 521. The van der Waals surface area contributed by atoms with E-state index in [4.69, 9.17) is 0 Å². The van der Waals surface area contributed by atoms with Crippen LogP contribution in [0.4, 0.5) is 5.69 Å². The van der Waals surface area contributed by atoms with Gasteiger partial charge in [-0.1, -0.05) is 27.7 Å². The van der Waals surface area contributed by atoms with Gasteiger partial charge in [0.1, 0.15) is 5.75 Å². The molecule has 1 saturated heterocycles. The molecule has 19 heavy (non-hydrogen) atoms. The number of thioether (sulfide) groups is 1. The van der Waals surface area contributed by atoms with Crippen LogP contribution in [0.25, 0.3) is 0 Å². The third-order valence-electron chi connectivity index (χ3n) is 2.96. The summed E-state index contributed by atoms with van der Waals surface area (Å²) in [5.74, 6) is 0.880. The maximum absolute atomic E-state index is 12.0. The van der Waals surface area contributed by atoms with Gasteiger partial charge in [0.05, 0.1) is 5.69 Å². The number of aromatic hydroxyl groups is 1. The molecule has 4 nitrogen and oxygen atoms in total. The molecule has 1 heterocycles. The maximum Gasteiger partial charge on any atom is 0.227 e. The van der Waals surface area contributed by atoms with Crippen molar-refractivity contribution in [3.63, 3.8) is 0 Å². The van der Waals surface area contributed by atoms with E-state index in [0.717, 1.165) is 4.47 Å². The number of carbonyl (C=O) groups excluding carboxylic acids is 2. The van der Waals surface area contributed by atoms with Crippen LogP contribution in [-0.4, -0.2) is 28.4 Å². The van der Waals surface area contributed by atoms with E-state index in [-0.39, 0.29) is 22.7 Å². The first kappa shape index (κ1) is 14.4. The molecule has 102 valence electrons. The number of hydrogen-bond acceptors (Lipinski definition) is 4. The van der Waals surface area contributed by atoms with Gasteiger partial charge in [-0.15, -0.1) is 0 Å². The molecule has 1 aromatic rings. The zero-order chi connectivity index (χ0) is 14.0. The first-order valence-electron chi connectivity index (χ1n) is 5.89. The van der Waals surface area contributed by atoms with Crippen molar-refractivity contribution < 1.29 is 14.7 Å². The van der Waals surface area contributed by atoms with Crippen LogP contribution < -0.4 is 4.90 Å². The van der Waals surface area contributed by atoms with Gasteiger partial charge in [-0.25, -0.2) is 0 Å². The summed E-state index contributed by atoms with van der Waals surface area (Å²) in [6.45, 7) is 2.07. The van der Waals surface area contributed by atoms with Crippen molar-refractivity contribution in [2.75, 3.05) is 17.2 Å². The van der Waals surface area contributed by atoms with Crippen molar-refractivity contribution in [3.05, 3.63) is 22.7 Å². The van der Waals surface area contributed by atoms with Gasteiger partial charge in [-0.3, -0.25) is 9.59 Å². The summed E-state index contributed by atoms with van der Waals surface area (Å²) >= 11 is 4.58. The highest BCUT2D eigenvalue weighted by molar-refractivity contribution is 9.10. The molecule has 0 aliphatic carbocycles. The van der Waals surface area contributed by atoms with Crippen molar-refractivity contribution in [2.45, 2.75) is 13.3 Å². The predicted molar refractivity (Wildman–Crippen MR) is 79.4 cm³/mol. The van der Waals surface area contributed by atoms with Gasteiger partial charge >= 0.3 is 0 Å². The molecule has 1 unspecified atom stereocenters. The van der Waals surface area contributed by atoms with Crippen LogP contribution in [0.3, 0.4) is 0 Å². The summed E-state index contributed by atoms with van der Waals surface area (Å²) in [5.41, 5.74) is 0.523. The summed E-state index contributed by atoms with van der Waals surface area (Å²) < 4.78 is 0.815. The molecule has 1 N–H and O–H groups in total. The molecule has 0 aromatic heterocycles. The molecule has 0 saturated carbocycles. The van der Waals surface area contributed by atoms with E-state index in [9.17, 15) is 14.7 Å². The number of amides is 1. The topological polar surface area (TPSA) is 57.6 Å². The molecule has 0 radical (unpaired) electrons. The summed E-state index contributed by atoms with van der Waals surface area (Å²) in [6.07, 6.45) is 0.423. The van der Waals surface area contributed by atoms with Gasteiger partial charge in [0, 0.05) is 30.1 Å². The standard InChI is InChI=1S/C13H14BrNO3S/c1-8(16)19-7-9-4-13(18)15(6-9)11-5-10(14)2-3-12(11)17/h2-3,5,9,17H,4,6-7H2,1H3. The predicted octanol–water partition coefficient (Wildman–Crippen LogP) is 2.79. The van der Waals surface area contributed by atoms with Gasteiger partial charge < -0.3 is 10.0 Å². The minimum absolute atomic E-state index is 0.0115. The summed E-state index contributed by atoms with van der Waals surface area (Å²) in [7, 11) is 0. The van der Waals surface area contributed by atoms with E-state index in [1.54, 1.807) is 23.1 Å². The quantitative estimate of drug-likeness (QED) is 0.916. The van der Waals surface area contributed by atoms with Gasteiger partial charge in [0.25, 0.3) is 0 Å². The molecule has 1 atom stereocenters. The van der Waals surface area contributed by atoms with Crippen LogP contribution in [-0.2, 0) is 9.59 Å². The van der Waals surface area contributed by atoms with E-state index in [1.807, 2.05) is 0 Å². The van der Waals surface area contributed by atoms with Crippen LogP contribution in [0.15, 0.2) is 22.7 Å². The lowest BCUT2D eigenvalue weighted by Gasteiger charge is -2.18. The molecule has 2 rings (SSSR count). The molecule has 0 bridgehead atoms. The Morgan fingerprint density at radius 1 is 1.58 bits per heavy atom. The number of nitrogens with zero attached hydrogens (tertiary/aromatic N) is 1. The second kappa shape index (κ2) is 5.96. The Labute approximate surface area is 124 Å². The van der Waals surface area contributed by atoms with E-state index in [1.165, 1.54) is 18.7 Å². The first-order chi connectivity index (χ1) is 8.97. The number of halogens is 1. The van der Waals surface area contributed by atoms with Crippen LogP contribution in [0.2, 0.25) is 0 Å². The van der Waals surface area contributed by atoms with E-state index in [2.05, 4.69) is 15.9 Å². The highest BCUT2D eigenvalue weighted by Crippen LogP contribution is 2.35. The van der Waals surface area contributed by atoms with E-state index >= 15 is 0 Å². The molecule has 1 aliphatic heterocycles. The molecular formula is C13H14BrNO3S. The van der Waals surface area contributed by atoms with Crippen molar-refractivity contribution in [1.82, 2.24) is 0 Å². The number of hydrogen-bond donors (Lipinski definition) is 1. The zero-order valence-electron chi connectivity index (χ0n) is 10.4. The van der Waals surface area contributed by atoms with Gasteiger partial charge in [-0.05, 0) is 24.1 Å². The average molecular weight is 344 g/mol. The van der Waals surface area contributed by atoms with Crippen LogP contribution >= 0.6 is 27.7 Å². The Morgan fingerprint density at radius 2 is 2.32 bits per heavy atom. The fourth-order valence-electron chi connectivity index (χ4n) is 2.07. The Hall–Kier alpha value is -1.01. The molecule has 1 fully saturated rings. The van der Waals surface area contributed by atoms with E-state index < -0.39 is 0 Å².